The van der Waals surface area contributed by atoms with E-state index >= 15 is 0 Å². The largest absolute Gasteiger partial charge is 0.545 e. The Hall–Kier alpha value is -2.44. The highest BCUT2D eigenvalue weighted by molar-refractivity contribution is 6.04. The van der Waals surface area contributed by atoms with E-state index in [4.69, 9.17) is 0 Å². The second-order valence-corrected chi connectivity index (χ2v) is 2.96. The van der Waals surface area contributed by atoms with Crippen LogP contribution in [0.15, 0.2) is 18.2 Å². The molecule has 0 atom stereocenters. The maximum atomic E-state index is 11.4. The zero-order valence-electron chi connectivity index (χ0n) is 8.84. The predicted molar refractivity (Wildman–Crippen MR) is 53.4 cm³/mol. The molecule has 1 aromatic rings. The van der Waals surface area contributed by atoms with Crippen molar-refractivity contribution < 1.29 is 24.4 Å². The normalized spacial score (nSPS) is 9.71. The number of carbonyl (C=O) groups excluding carboxylic acids is 2. The van der Waals surface area contributed by atoms with Crippen molar-refractivity contribution in [1.82, 2.24) is 0 Å². The Morgan fingerprint density at radius 3 is 2.53 bits per heavy atom. The third-order valence-electron chi connectivity index (χ3n) is 1.94. The molecule has 0 radical (unpaired) electrons. The summed E-state index contributed by atoms with van der Waals surface area (Å²) in [5, 5.41) is 21.5. The van der Waals surface area contributed by atoms with Gasteiger partial charge >= 0.3 is 5.97 Å². The molecule has 7 heteroatoms. The number of benzene rings is 1. The fraction of sp³-hybridized carbons (Fsp3) is 0.200. The van der Waals surface area contributed by atoms with Crippen LogP contribution in [0.4, 0.5) is 5.69 Å². The van der Waals surface area contributed by atoms with E-state index in [9.17, 15) is 24.8 Å². The van der Waals surface area contributed by atoms with Crippen molar-refractivity contribution in [2.45, 2.75) is 6.92 Å². The molecule has 0 saturated carbocycles. The second kappa shape index (κ2) is 5.06. The van der Waals surface area contributed by atoms with E-state index in [1.54, 1.807) is 0 Å². The van der Waals surface area contributed by atoms with Gasteiger partial charge in [0.1, 0.15) is 0 Å². The van der Waals surface area contributed by atoms with Crippen LogP contribution in [0, 0.1) is 10.1 Å². The van der Waals surface area contributed by atoms with E-state index in [1.807, 2.05) is 0 Å². The Morgan fingerprint density at radius 1 is 1.41 bits per heavy atom. The van der Waals surface area contributed by atoms with Gasteiger partial charge in [0, 0.05) is 6.07 Å². The number of carboxylic acids is 1. The number of nitro groups is 1. The smallest absolute Gasteiger partial charge is 0.339 e. The minimum atomic E-state index is -1.79. The number of nitrogens with zero attached hydrogens (tertiary/aromatic N) is 1. The number of hydrogen-bond donors (Lipinski definition) is 0. The van der Waals surface area contributed by atoms with Crippen molar-refractivity contribution in [3.8, 4) is 0 Å². The zero-order valence-corrected chi connectivity index (χ0v) is 8.84. The highest BCUT2D eigenvalue weighted by Crippen LogP contribution is 2.22. The highest BCUT2D eigenvalue weighted by atomic mass is 16.6. The fourth-order valence-corrected chi connectivity index (χ4v) is 1.29. The quantitative estimate of drug-likeness (QED) is 0.419. The average Bonchev–Trinajstić information content (AvgIpc) is 2.28. The predicted octanol–water partition coefficient (Wildman–Crippen LogP) is 0.135. The maximum Gasteiger partial charge on any atom is 0.339 e. The summed E-state index contributed by atoms with van der Waals surface area (Å²) < 4.78 is 4.60. The lowest BCUT2D eigenvalue weighted by molar-refractivity contribution is -0.385. The first kappa shape index (κ1) is 12.6. The summed E-state index contributed by atoms with van der Waals surface area (Å²) in [7, 11) is 0. The molecular weight excluding hydrogens is 230 g/mol. The summed E-state index contributed by atoms with van der Waals surface area (Å²) in [4.78, 5) is 32.0. The number of aromatic carboxylic acids is 1. The standard InChI is InChI=1S/C10H9NO6/c1-2-17-10(14)6-4-3-5-7(11(15)16)8(6)9(12)13/h3-5H,2H2,1H3,(H,12,13)/p-1. The molecule has 0 aliphatic rings. The molecule has 0 aliphatic carbocycles. The molecule has 0 aliphatic heterocycles. The van der Waals surface area contributed by atoms with Gasteiger partial charge in [-0.3, -0.25) is 10.1 Å². The molecule has 0 aromatic heterocycles. The van der Waals surface area contributed by atoms with E-state index in [2.05, 4.69) is 4.74 Å². The van der Waals surface area contributed by atoms with Crippen LogP contribution in [-0.4, -0.2) is 23.5 Å². The molecule has 0 amide bonds. The Balaban J connectivity index is 3.40. The van der Waals surface area contributed by atoms with Gasteiger partial charge in [-0.1, -0.05) is 6.07 Å². The van der Waals surface area contributed by atoms with Gasteiger partial charge < -0.3 is 14.6 Å². The van der Waals surface area contributed by atoms with Crippen molar-refractivity contribution in [3.63, 3.8) is 0 Å². The average molecular weight is 238 g/mol. The number of carbonyl (C=O) groups is 2. The Bertz CT molecular complexity index is 482. The summed E-state index contributed by atoms with van der Waals surface area (Å²) >= 11 is 0. The van der Waals surface area contributed by atoms with Gasteiger partial charge in [0.25, 0.3) is 5.69 Å². The lowest BCUT2D eigenvalue weighted by Crippen LogP contribution is -2.26. The Morgan fingerprint density at radius 2 is 2.06 bits per heavy atom. The third-order valence-corrected chi connectivity index (χ3v) is 1.94. The van der Waals surface area contributed by atoms with Crippen LogP contribution in [0.2, 0.25) is 0 Å². The van der Waals surface area contributed by atoms with Crippen molar-refractivity contribution in [2.24, 2.45) is 0 Å². The lowest BCUT2D eigenvalue weighted by atomic mass is 10.1. The van der Waals surface area contributed by atoms with E-state index < -0.39 is 28.1 Å². The van der Waals surface area contributed by atoms with Crippen molar-refractivity contribution in [1.29, 1.82) is 0 Å². The van der Waals surface area contributed by atoms with E-state index in [0.717, 1.165) is 12.1 Å². The van der Waals surface area contributed by atoms with Crippen LogP contribution >= 0.6 is 0 Å². The molecule has 7 nitrogen and oxygen atoms in total. The second-order valence-electron chi connectivity index (χ2n) is 2.96. The molecule has 0 saturated heterocycles. The first-order valence-electron chi connectivity index (χ1n) is 4.65. The van der Waals surface area contributed by atoms with Gasteiger partial charge in [-0.2, -0.15) is 0 Å². The van der Waals surface area contributed by atoms with Crippen LogP contribution < -0.4 is 5.11 Å². The SMILES string of the molecule is CCOC(=O)c1cccc([N+](=O)[O-])c1C(=O)[O-]. The summed E-state index contributed by atoms with van der Waals surface area (Å²) in [6.45, 7) is 1.57. The topological polar surface area (TPSA) is 110 Å². The first-order valence-corrected chi connectivity index (χ1v) is 4.65. The molecule has 0 bridgehead atoms. The zero-order chi connectivity index (χ0) is 13.0. The molecule has 0 spiro atoms. The molecular formula is C10H8NO6-. The van der Waals surface area contributed by atoms with Crippen molar-refractivity contribution in [3.05, 3.63) is 39.4 Å². The van der Waals surface area contributed by atoms with Crippen LogP contribution in [0.3, 0.4) is 0 Å². The summed E-state index contributed by atoms with van der Waals surface area (Å²) in [5.41, 5.74) is -1.85. The van der Waals surface area contributed by atoms with Gasteiger partial charge in [-0.15, -0.1) is 0 Å². The van der Waals surface area contributed by atoms with Gasteiger partial charge in [-0.25, -0.2) is 4.79 Å². The lowest BCUT2D eigenvalue weighted by Gasteiger charge is -2.09. The fourth-order valence-electron chi connectivity index (χ4n) is 1.29. The van der Waals surface area contributed by atoms with Crippen LogP contribution in [0.1, 0.15) is 27.6 Å². The van der Waals surface area contributed by atoms with Gasteiger partial charge in [0.05, 0.1) is 28.6 Å². The summed E-state index contributed by atoms with van der Waals surface area (Å²) in [6.07, 6.45) is 0. The van der Waals surface area contributed by atoms with E-state index in [1.165, 1.54) is 13.0 Å². The number of carboxylic acid groups (broad SMARTS) is 1. The van der Waals surface area contributed by atoms with Gasteiger partial charge in [0.15, 0.2) is 0 Å². The Labute approximate surface area is 95.8 Å². The number of hydrogen-bond acceptors (Lipinski definition) is 6. The molecule has 0 N–H and O–H groups in total. The number of nitro benzene ring substituents is 1. The van der Waals surface area contributed by atoms with Gasteiger partial charge in [-0.05, 0) is 13.0 Å². The van der Waals surface area contributed by atoms with Crippen molar-refractivity contribution in [2.75, 3.05) is 6.61 Å². The highest BCUT2D eigenvalue weighted by Gasteiger charge is 2.22. The monoisotopic (exact) mass is 238 g/mol. The van der Waals surface area contributed by atoms with Crippen LogP contribution in [-0.2, 0) is 4.74 Å². The molecule has 1 rings (SSSR count). The van der Waals surface area contributed by atoms with Crippen LogP contribution in [0.25, 0.3) is 0 Å². The van der Waals surface area contributed by atoms with E-state index in [0.29, 0.717) is 0 Å². The summed E-state index contributed by atoms with van der Waals surface area (Å²) in [6, 6.07) is 3.32. The molecule has 0 fully saturated rings. The minimum Gasteiger partial charge on any atom is -0.545 e. The van der Waals surface area contributed by atoms with Gasteiger partial charge in [0.2, 0.25) is 0 Å². The molecule has 0 heterocycles. The first-order chi connectivity index (χ1) is 7.99. The third kappa shape index (κ3) is 2.57. The molecule has 17 heavy (non-hydrogen) atoms. The minimum absolute atomic E-state index is 0.0357. The number of ether oxygens (including phenoxy) is 1. The molecule has 90 valence electrons. The summed E-state index contributed by atoms with van der Waals surface area (Å²) in [5.74, 6) is -2.73. The van der Waals surface area contributed by atoms with Crippen LogP contribution in [0.5, 0.6) is 0 Å². The Kier molecular flexibility index (Phi) is 3.76. The number of esters is 1. The maximum absolute atomic E-state index is 11.4. The van der Waals surface area contributed by atoms with E-state index in [-0.39, 0.29) is 12.2 Å². The van der Waals surface area contributed by atoms with Crippen molar-refractivity contribution >= 4 is 17.6 Å². The molecule has 0 unspecified atom stereocenters. The molecule has 1 aromatic carbocycles. The number of rotatable bonds is 4.